The highest BCUT2D eigenvalue weighted by Gasteiger charge is 2.21. The predicted molar refractivity (Wildman–Crippen MR) is 81.2 cm³/mol. The molecule has 0 radical (unpaired) electrons. The smallest absolute Gasteiger partial charge is 0.237 e. The van der Waals surface area contributed by atoms with Gasteiger partial charge in [0.15, 0.2) is 0 Å². The first-order chi connectivity index (χ1) is 9.38. The van der Waals surface area contributed by atoms with Crippen LogP contribution in [0.15, 0.2) is 24.3 Å². The Kier molecular flexibility index (Phi) is 6.17. The van der Waals surface area contributed by atoms with Gasteiger partial charge >= 0.3 is 0 Å². The van der Waals surface area contributed by atoms with E-state index in [1.54, 1.807) is 0 Å². The van der Waals surface area contributed by atoms with E-state index in [2.05, 4.69) is 17.6 Å². The summed E-state index contributed by atoms with van der Waals surface area (Å²) in [6.07, 6.45) is 0.893. The number of benzene rings is 1. The minimum absolute atomic E-state index is 0.00941. The van der Waals surface area contributed by atoms with Crippen LogP contribution < -0.4 is 10.6 Å². The van der Waals surface area contributed by atoms with Gasteiger partial charge in [0.05, 0.1) is 12.6 Å². The Morgan fingerprint density at radius 1 is 1.35 bits per heavy atom. The van der Waals surface area contributed by atoms with Crippen molar-refractivity contribution < 1.29 is 9.90 Å². The summed E-state index contributed by atoms with van der Waals surface area (Å²) in [5.74, 6) is 0.00941. The Labute approximate surface area is 121 Å². The van der Waals surface area contributed by atoms with Gasteiger partial charge in [-0.3, -0.25) is 4.79 Å². The van der Waals surface area contributed by atoms with E-state index in [4.69, 9.17) is 5.11 Å². The van der Waals surface area contributed by atoms with E-state index in [0.29, 0.717) is 6.54 Å². The Hall–Kier alpha value is -1.39. The van der Waals surface area contributed by atoms with Gasteiger partial charge in [-0.05, 0) is 38.3 Å². The zero-order valence-corrected chi connectivity index (χ0v) is 12.9. The molecule has 4 heteroatoms. The molecule has 1 aromatic carbocycles. The maximum Gasteiger partial charge on any atom is 0.237 e. The second-order valence-electron chi connectivity index (χ2n) is 5.81. The van der Waals surface area contributed by atoms with Gasteiger partial charge in [0, 0.05) is 12.1 Å². The summed E-state index contributed by atoms with van der Waals surface area (Å²) < 4.78 is 0. The molecular formula is C16H26N2O2. The summed E-state index contributed by atoms with van der Waals surface area (Å²) in [6.45, 7) is 8.59. The number of rotatable bonds is 7. The highest BCUT2D eigenvalue weighted by atomic mass is 16.3. The summed E-state index contributed by atoms with van der Waals surface area (Å²) in [5, 5.41) is 15.3. The molecule has 1 amide bonds. The van der Waals surface area contributed by atoms with Crippen LogP contribution in [0.3, 0.4) is 0 Å². The number of carbonyl (C=O) groups excluding carboxylic acids is 1. The number of nitrogens with one attached hydrogen (secondary N) is 2. The van der Waals surface area contributed by atoms with Crippen LogP contribution in [0, 0.1) is 0 Å². The van der Waals surface area contributed by atoms with Crippen LogP contribution in [-0.2, 0) is 17.9 Å². The molecule has 0 aliphatic rings. The van der Waals surface area contributed by atoms with Gasteiger partial charge in [-0.25, -0.2) is 0 Å². The first-order valence-electron chi connectivity index (χ1n) is 7.12. The monoisotopic (exact) mass is 278 g/mol. The van der Waals surface area contributed by atoms with Crippen molar-refractivity contribution in [3.8, 4) is 0 Å². The number of aliphatic hydroxyl groups is 1. The molecule has 4 nitrogen and oxygen atoms in total. The van der Waals surface area contributed by atoms with Crippen LogP contribution in [0.2, 0.25) is 0 Å². The molecule has 0 aliphatic carbocycles. The van der Waals surface area contributed by atoms with Gasteiger partial charge < -0.3 is 15.7 Å². The number of carbonyl (C=O) groups is 1. The van der Waals surface area contributed by atoms with Gasteiger partial charge in [0.25, 0.3) is 0 Å². The van der Waals surface area contributed by atoms with E-state index < -0.39 is 0 Å². The molecule has 1 unspecified atom stereocenters. The van der Waals surface area contributed by atoms with Crippen LogP contribution in [-0.4, -0.2) is 22.6 Å². The molecule has 0 bridgehead atoms. The van der Waals surface area contributed by atoms with Crippen molar-refractivity contribution in [2.75, 3.05) is 0 Å². The Morgan fingerprint density at radius 2 is 2.00 bits per heavy atom. The third-order valence-corrected chi connectivity index (χ3v) is 3.53. The van der Waals surface area contributed by atoms with Crippen LogP contribution in [0.1, 0.15) is 45.2 Å². The van der Waals surface area contributed by atoms with E-state index in [-0.39, 0.29) is 24.1 Å². The molecular weight excluding hydrogens is 252 g/mol. The van der Waals surface area contributed by atoms with Gasteiger partial charge in [0.1, 0.15) is 0 Å². The lowest BCUT2D eigenvalue weighted by molar-refractivity contribution is -0.124. The van der Waals surface area contributed by atoms with Crippen molar-refractivity contribution >= 4 is 5.91 Å². The molecule has 0 spiro atoms. The van der Waals surface area contributed by atoms with Crippen molar-refractivity contribution in [3.05, 3.63) is 35.4 Å². The van der Waals surface area contributed by atoms with Gasteiger partial charge in [-0.1, -0.05) is 31.2 Å². The summed E-state index contributed by atoms with van der Waals surface area (Å²) in [4.78, 5) is 12.0. The zero-order valence-electron chi connectivity index (χ0n) is 12.9. The molecule has 1 rings (SSSR count). The molecule has 0 heterocycles. The summed E-state index contributed by atoms with van der Waals surface area (Å²) in [7, 11) is 0. The van der Waals surface area contributed by atoms with Crippen molar-refractivity contribution in [3.63, 3.8) is 0 Å². The topological polar surface area (TPSA) is 61.4 Å². The van der Waals surface area contributed by atoms with Crippen molar-refractivity contribution in [1.82, 2.24) is 10.6 Å². The Balaban J connectivity index is 2.50. The fourth-order valence-corrected chi connectivity index (χ4v) is 1.73. The number of aliphatic hydroxyl groups excluding tert-OH is 1. The maximum absolute atomic E-state index is 12.0. The lowest BCUT2D eigenvalue weighted by Gasteiger charge is -2.26. The molecule has 1 atom stereocenters. The normalized spacial score (nSPS) is 13.1. The number of hydrogen-bond acceptors (Lipinski definition) is 3. The predicted octanol–water partition coefficient (Wildman–Crippen LogP) is 1.96. The fraction of sp³-hybridized carbons (Fsp3) is 0.562. The fourth-order valence-electron chi connectivity index (χ4n) is 1.73. The molecule has 0 saturated heterocycles. The lowest BCUT2D eigenvalue weighted by atomic mass is 10.0. The molecule has 0 aromatic heterocycles. The third kappa shape index (κ3) is 5.31. The quantitative estimate of drug-likeness (QED) is 0.714. The highest BCUT2D eigenvalue weighted by Crippen LogP contribution is 2.08. The van der Waals surface area contributed by atoms with Crippen molar-refractivity contribution in [2.24, 2.45) is 0 Å². The van der Waals surface area contributed by atoms with E-state index in [9.17, 15) is 4.79 Å². The largest absolute Gasteiger partial charge is 0.392 e. The standard InChI is InChI=1S/C16H26N2O2/c1-5-16(3,4)18-15(20)12(2)17-10-13-7-6-8-14(9-13)11-19/h6-9,12,17,19H,5,10-11H2,1-4H3,(H,18,20). The molecule has 20 heavy (non-hydrogen) atoms. The van der Waals surface area contributed by atoms with Crippen molar-refractivity contribution in [1.29, 1.82) is 0 Å². The van der Waals surface area contributed by atoms with Crippen LogP contribution in [0.25, 0.3) is 0 Å². The zero-order chi connectivity index (χ0) is 15.2. The minimum Gasteiger partial charge on any atom is -0.392 e. The van der Waals surface area contributed by atoms with Crippen LogP contribution in [0.5, 0.6) is 0 Å². The second-order valence-corrected chi connectivity index (χ2v) is 5.81. The van der Waals surface area contributed by atoms with E-state index >= 15 is 0 Å². The second kappa shape index (κ2) is 7.41. The molecule has 3 N–H and O–H groups in total. The van der Waals surface area contributed by atoms with Gasteiger partial charge in [0.2, 0.25) is 5.91 Å². The van der Waals surface area contributed by atoms with Gasteiger partial charge in [-0.2, -0.15) is 0 Å². The first-order valence-corrected chi connectivity index (χ1v) is 7.12. The maximum atomic E-state index is 12.0. The van der Waals surface area contributed by atoms with Gasteiger partial charge in [-0.15, -0.1) is 0 Å². The minimum atomic E-state index is -0.251. The van der Waals surface area contributed by atoms with Crippen LogP contribution in [0.4, 0.5) is 0 Å². The summed E-state index contributed by atoms with van der Waals surface area (Å²) in [5.41, 5.74) is 1.77. The van der Waals surface area contributed by atoms with Crippen LogP contribution >= 0.6 is 0 Å². The van der Waals surface area contributed by atoms with E-state index in [1.165, 1.54) is 0 Å². The number of amides is 1. The summed E-state index contributed by atoms with van der Waals surface area (Å²) in [6, 6.07) is 7.45. The number of hydrogen-bond donors (Lipinski definition) is 3. The molecule has 1 aromatic rings. The van der Waals surface area contributed by atoms with E-state index in [1.807, 2.05) is 45.0 Å². The summed E-state index contributed by atoms with van der Waals surface area (Å²) >= 11 is 0. The average molecular weight is 278 g/mol. The van der Waals surface area contributed by atoms with E-state index in [0.717, 1.165) is 17.5 Å². The third-order valence-electron chi connectivity index (χ3n) is 3.53. The average Bonchev–Trinajstić information content (AvgIpc) is 2.44. The molecule has 0 aliphatic heterocycles. The SMILES string of the molecule is CCC(C)(C)NC(=O)C(C)NCc1cccc(CO)c1. The molecule has 0 saturated carbocycles. The molecule has 112 valence electrons. The Morgan fingerprint density at radius 3 is 2.60 bits per heavy atom. The highest BCUT2D eigenvalue weighted by molar-refractivity contribution is 5.81. The molecule has 0 fully saturated rings. The Bertz CT molecular complexity index is 444. The lowest BCUT2D eigenvalue weighted by Crippen LogP contribution is -2.50. The first kappa shape index (κ1) is 16.7. The van der Waals surface area contributed by atoms with Crippen molar-refractivity contribution in [2.45, 2.75) is 58.8 Å².